The highest BCUT2D eigenvalue weighted by atomic mass is 16.5. The summed E-state index contributed by atoms with van der Waals surface area (Å²) in [6.45, 7) is 1.29. The van der Waals surface area contributed by atoms with Crippen LogP contribution in [0.2, 0.25) is 0 Å². The summed E-state index contributed by atoms with van der Waals surface area (Å²) in [5.74, 6) is -0.421. The van der Waals surface area contributed by atoms with Crippen LogP contribution in [0.5, 0.6) is 0 Å². The standard InChI is InChI=1S/C11H12N2O3/c1-12-11(5-15-6-11)7-2-3-8-9(4-7)16-10(14)13-8/h2-4,12H,5-6H2,1H3,(H,13,14). The first-order valence-electron chi connectivity index (χ1n) is 5.13. The third kappa shape index (κ3) is 1.22. The highest BCUT2D eigenvalue weighted by Gasteiger charge is 2.38. The van der Waals surface area contributed by atoms with Gasteiger partial charge in [0, 0.05) is 0 Å². The Morgan fingerprint density at radius 1 is 1.44 bits per heavy atom. The first-order chi connectivity index (χ1) is 7.73. The van der Waals surface area contributed by atoms with Gasteiger partial charge in [-0.2, -0.15) is 0 Å². The Hall–Kier alpha value is -1.59. The van der Waals surface area contributed by atoms with Gasteiger partial charge in [0.1, 0.15) is 0 Å². The van der Waals surface area contributed by atoms with E-state index in [4.69, 9.17) is 9.15 Å². The Labute approximate surface area is 91.4 Å². The van der Waals surface area contributed by atoms with Crippen LogP contribution in [0.3, 0.4) is 0 Å². The second kappa shape index (κ2) is 3.20. The van der Waals surface area contributed by atoms with Gasteiger partial charge in [-0.3, -0.25) is 4.98 Å². The van der Waals surface area contributed by atoms with E-state index in [9.17, 15) is 4.79 Å². The van der Waals surface area contributed by atoms with Gasteiger partial charge in [0.25, 0.3) is 0 Å². The number of benzene rings is 1. The fourth-order valence-electron chi connectivity index (χ4n) is 2.00. The molecule has 0 bridgehead atoms. The van der Waals surface area contributed by atoms with Crippen molar-refractivity contribution in [2.24, 2.45) is 0 Å². The van der Waals surface area contributed by atoms with Crippen LogP contribution in [0, 0.1) is 0 Å². The maximum absolute atomic E-state index is 11.0. The van der Waals surface area contributed by atoms with E-state index in [0.29, 0.717) is 18.8 Å². The SMILES string of the molecule is CNC1(c2ccc3[nH]c(=O)oc3c2)COC1. The number of nitrogens with one attached hydrogen (secondary N) is 2. The minimum atomic E-state index is -0.421. The quantitative estimate of drug-likeness (QED) is 0.776. The number of H-pyrrole nitrogens is 1. The Bertz CT molecular complexity index is 575. The minimum absolute atomic E-state index is 0.135. The molecule has 2 aromatic rings. The second-order valence-electron chi connectivity index (χ2n) is 4.05. The molecule has 0 spiro atoms. The molecule has 1 fully saturated rings. The highest BCUT2D eigenvalue weighted by Crippen LogP contribution is 2.30. The highest BCUT2D eigenvalue weighted by molar-refractivity contribution is 5.73. The molecule has 0 unspecified atom stereocenters. The average molecular weight is 220 g/mol. The van der Waals surface area contributed by atoms with Crippen molar-refractivity contribution < 1.29 is 9.15 Å². The summed E-state index contributed by atoms with van der Waals surface area (Å²) in [6, 6.07) is 5.71. The van der Waals surface area contributed by atoms with E-state index >= 15 is 0 Å². The van der Waals surface area contributed by atoms with Gasteiger partial charge in [-0.25, -0.2) is 4.79 Å². The summed E-state index contributed by atoms with van der Waals surface area (Å²) in [6.07, 6.45) is 0. The molecule has 1 saturated heterocycles. The Morgan fingerprint density at radius 3 is 2.88 bits per heavy atom. The van der Waals surface area contributed by atoms with Gasteiger partial charge in [0.05, 0.1) is 24.3 Å². The van der Waals surface area contributed by atoms with Crippen LogP contribution >= 0.6 is 0 Å². The molecule has 0 aliphatic carbocycles. The lowest BCUT2D eigenvalue weighted by Crippen LogP contribution is -2.56. The van der Waals surface area contributed by atoms with Crippen LogP contribution in [0.1, 0.15) is 5.56 Å². The summed E-state index contributed by atoms with van der Waals surface area (Å²) >= 11 is 0. The zero-order valence-corrected chi connectivity index (χ0v) is 8.87. The van der Waals surface area contributed by atoms with Crippen molar-refractivity contribution in [1.82, 2.24) is 10.3 Å². The number of aromatic nitrogens is 1. The molecule has 5 nitrogen and oxygen atoms in total. The monoisotopic (exact) mass is 220 g/mol. The first-order valence-corrected chi connectivity index (χ1v) is 5.13. The number of ether oxygens (including phenoxy) is 1. The smallest absolute Gasteiger partial charge is 0.408 e. The molecule has 2 heterocycles. The maximum atomic E-state index is 11.0. The zero-order valence-electron chi connectivity index (χ0n) is 8.87. The van der Waals surface area contributed by atoms with Gasteiger partial charge in [-0.15, -0.1) is 0 Å². The van der Waals surface area contributed by atoms with Crippen LogP contribution in [-0.4, -0.2) is 25.2 Å². The number of rotatable bonds is 2. The molecule has 0 atom stereocenters. The predicted octanol–water partition coefficient (Wildman–Crippen LogP) is 0.566. The van der Waals surface area contributed by atoms with Crippen molar-refractivity contribution in [2.75, 3.05) is 20.3 Å². The van der Waals surface area contributed by atoms with Gasteiger partial charge < -0.3 is 14.5 Å². The minimum Gasteiger partial charge on any atom is -0.408 e. The van der Waals surface area contributed by atoms with Crippen LogP contribution in [0.15, 0.2) is 27.4 Å². The fraction of sp³-hybridized carbons (Fsp3) is 0.364. The third-order valence-corrected chi connectivity index (χ3v) is 3.15. The molecule has 0 saturated carbocycles. The van der Waals surface area contributed by atoms with E-state index in [2.05, 4.69) is 10.3 Å². The number of oxazole rings is 1. The van der Waals surface area contributed by atoms with E-state index in [-0.39, 0.29) is 5.54 Å². The van der Waals surface area contributed by atoms with Crippen LogP contribution in [0.4, 0.5) is 0 Å². The van der Waals surface area contributed by atoms with Gasteiger partial charge in [-0.05, 0) is 24.7 Å². The molecule has 1 aliphatic rings. The lowest BCUT2D eigenvalue weighted by atomic mass is 9.88. The van der Waals surface area contributed by atoms with Crippen LogP contribution in [0.25, 0.3) is 11.1 Å². The van der Waals surface area contributed by atoms with Gasteiger partial charge >= 0.3 is 5.76 Å². The average Bonchev–Trinajstić information content (AvgIpc) is 2.56. The number of aromatic amines is 1. The first kappa shape index (κ1) is 9.62. The molecule has 0 radical (unpaired) electrons. The molecule has 1 aromatic carbocycles. The lowest BCUT2D eigenvalue weighted by Gasteiger charge is -2.41. The number of hydrogen-bond acceptors (Lipinski definition) is 4. The maximum Gasteiger partial charge on any atom is 0.417 e. The summed E-state index contributed by atoms with van der Waals surface area (Å²) in [5.41, 5.74) is 2.25. The summed E-state index contributed by atoms with van der Waals surface area (Å²) < 4.78 is 10.3. The molecule has 84 valence electrons. The normalized spacial score (nSPS) is 18.6. The molecule has 1 aromatic heterocycles. The fourth-order valence-corrected chi connectivity index (χ4v) is 2.00. The van der Waals surface area contributed by atoms with Crippen LogP contribution < -0.4 is 11.1 Å². The molecule has 2 N–H and O–H groups in total. The number of hydrogen-bond donors (Lipinski definition) is 2. The van der Waals surface area contributed by atoms with E-state index in [0.717, 1.165) is 11.1 Å². The van der Waals surface area contributed by atoms with Crippen molar-refractivity contribution in [2.45, 2.75) is 5.54 Å². The summed E-state index contributed by atoms with van der Waals surface area (Å²) in [7, 11) is 1.90. The molecule has 1 aliphatic heterocycles. The largest absolute Gasteiger partial charge is 0.417 e. The van der Waals surface area contributed by atoms with Crippen molar-refractivity contribution >= 4 is 11.1 Å². The van der Waals surface area contributed by atoms with Crippen molar-refractivity contribution in [3.8, 4) is 0 Å². The van der Waals surface area contributed by atoms with Gasteiger partial charge in [0.2, 0.25) is 0 Å². The molecule has 16 heavy (non-hydrogen) atoms. The molecular formula is C11H12N2O3. The Balaban J connectivity index is 2.14. The summed E-state index contributed by atoms with van der Waals surface area (Å²) in [5, 5.41) is 3.25. The Morgan fingerprint density at radius 2 is 2.25 bits per heavy atom. The second-order valence-corrected chi connectivity index (χ2v) is 4.05. The molecular weight excluding hydrogens is 208 g/mol. The number of likely N-dealkylation sites (N-methyl/N-ethyl adjacent to an activating group) is 1. The van der Waals surface area contributed by atoms with E-state index in [1.807, 2.05) is 25.2 Å². The third-order valence-electron chi connectivity index (χ3n) is 3.15. The molecule has 0 amide bonds. The van der Waals surface area contributed by atoms with Crippen molar-refractivity contribution in [3.05, 3.63) is 34.3 Å². The van der Waals surface area contributed by atoms with Crippen LogP contribution in [-0.2, 0) is 10.3 Å². The zero-order chi connectivity index (χ0) is 11.2. The van der Waals surface area contributed by atoms with Crippen molar-refractivity contribution in [3.63, 3.8) is 0 Å². The predicted molar refractivity (Wildman–Crippen MR) is 58.4 cm³/mol. The molecule has 5 heteroatoms. The topological polar surface area (TPSA) is 67.3 Å². The van der Waals surface area contributed by atoms with E-state index in [1.165, 1.54) is 0 Å². The van der Waals surface area contributed by atoms with Gasteiger partial charge in [-0.1, -0.05) is 6.07 Å². The Kier molecular flexibility index (Phi) is 1.92. The lowest BCUT2D eigenvalue weighted by molar-refractivity contribution is -0.0747. The summed E-state index contributed by atoms with van der Waals surface area (Å²) in [4.78, 5) is 13.7. The van der Waals surface area contributed by atoms with E-state index < -0.39 is 5.76 Å². The van der Waals surface area contributed by atoms with Crippen molar-refractivity contribution in [1.29, 1.82) is 0 Å². The van der Waals surface area contributed by atoms with E-state index in [1.54, 1.807) is 0 Å². The van der Waals surface area contributed by atoms with Gasteiger partial charge in [0.15, 0.2) is 5.58 Å². The number of fused-ring (bicyclic) bond motifs is 1. The molecule has 3 rings (SSSR count).